The topological polar surface area (TPSA) is 78.1 Å². The number of carbonyl (C=O) groups is 2. The standard InChI is InChI=1S/C21H19ClF2N4O2/c1-12(2)11-28(13-6-4-3-5-7-13)21(30)18-10-19(27-26-18)25-20(29)14-8-16(23)17(24)9-15(14)22/h3-10,12H,11H2,1-2H3,(H2,25,26,27,29). The Labute approximate surface area is 176 Å². The number of hydrogen-bond acceptors (Lipinski definition) is 3. The summed E-state index contributed by atoms with van der Waals surface area (Å²) in [4.78, 5) is 27.0. The fourth-order valence-electron chi connectivity index (χ4n) is 2.80. The van der Waals surface area contributed by atoms with Gasteiger partial charge in [0.2, 0.25) is 0 Å². The Morgan fingerprint density at radius 3 is 2.47 bits per heavy atom. The molecule has 0 saturated carbocycles. The van der Waals surface area contributed by atoms with Gasteiger partial charge in [-0.3, -0.25) is 14.7 Å². The number of halogens is 3. The number of amides is 2. The van der Waals surface area contributed by atoms with Crippen LogP contribution in [-0.4, -0.2) is 28.6 Å². The number of benzene rings is 2. The molecule has 1 heterocycles. The third kappa shape index (κ3) is 4.83. The first-order chi connectivity index (χ1) is 14.3. The van der Waals surface area contributed by atoms with Crippen molar-refractivity contribution in [1.82, 2.24) is 10.2 Å². The van der Waals surface area contributed by atoms with Crippen molar-refractivity contribution in [2.24, 2.45) is 5.92 Å². The van der Waals surface area contributed by atoms with Crippen LogP contribution in [0.1, 0.15) is 34.7 Å². The van der Waals surface area contributed by atoms with E-state index in [0.717, 1.165) is 11.8 Å². The minimum atomic E-state index is -1.20. The van der Waals surface area contributed by atoms with Crippen LogP contribution in [0.25, 0.3) is 0 Å². The molecule has 0 aliphatic heterocycles. The van der Waals surface area contributed by atoms with Crippen molar-refractivity contribution in [3.05, 3.63) is 76.4 Å². The lowest BCUT2D eigenvalue weighted by atomic mass is 10.1. The van der Waals surface area contributed by atoms with E-state index in [-0.39, 0.29) is 33.9 Å². The fourth-order valence-corrected chi connectivity index (χ4v) is 3.03. The van der Waals surface area contributed by atoms with E-state index in [2.05, 4.69) is 15.5 Å². The summed E-state index contributed by atoms with van der Waals surface area (Å²) in [5.74, 6) is -3.15. The Kier molecular flexibility index (Phi) is 6.47. The van der Waals surface area contributed by atoms with Gasteiger partial charge in [0.1, 0.15) is 5.82 Å². The van der Waals surface area contributed by atoms with Crippen LogP contribution in [0.3, 0.4) is 0 Å². The molecule has 0 aliphatic rings. The maximum absolute atomic E-state index is 13.4. The number of nitrogens with one attached hydrogen (secondary N) is 2. The number of H-pyrrole nitrogens is 1. The van der Waals surface area contributed by atoms with Crippen LogP contribution in [0.2, 0.25) is 5.02 Å². The Morgan fingerprint density at radius 2 is 1.80 bits per heavy atom. The van der Waals surface area contributed by atoms with Gasteiger partial charge in [-0.25, -0.2) is 8.78 Å². The Balaban J connectivity index is 1.80. The van der Waals surface area contributed by atoms with Crippen molar-refractivity contribution in [3.8, 4) is 0 Å². The molecule has 9 heteroatoms. The zero-order chi connectivity index (χ0) is 21.8. The highest BCUT2D eigenvalue weighted by Gasteiger charge is 2.22. The molecule has 0 fully saturated rings. The summed E-state index contributed by atoms with van der Waals surface area (Å²) in [6, 6.07) is 11.9. The van der Waals surface area contributed by atoms with Crippen molar-refractivity contribution in [3.63, 3.8) is 0 Å². The third-order valence-electron chi connectivity index (χ3n) is 4.16. The number of para-hydroxylation sites is 1. The molecule has 0 atom stereocenters. The monoisotopic (exact) mass is 432 g/mol. The molecule has 1 aromatic heterocycles. The Morgan fingerprint density at radius 1 is 1.13 bits per heavy atom. The van der Waals surface area contributed by atoms with Crippen LogP contribution in [0.5, 0.6) is 0 Å². The fraction of sp³-hybridized carbons (Fsp3) is 0.190. The molecule has 3 aromatic rings. The quantitative estimate of drug-likeness (QED) is 0.544. The zero-order valence-electron chi connectivity index (χ0n) is 16.2. The van der Waals surface area contributed by atoms with E-state index in [1.54, 1.807) is 4.90 Å². The molecule has 0 bridgehead atoms. The first-order valence-corrected chi connectivity index (χ1v) is 9.52. The first kappa shape index (κ1) is 21.4. The van der Waals surface area contributed by atoms with Crippen LogP contribution in [-0.2, 0) is 0 Å². The van der Waals surface area contributed by atoms with Crippen molar-refractivity contribution in [2.45, 2.75) is 13.8 Å². The molecular formula is C21H19ClF2N4O2. The molecule has 3 rings (SSSR count). The number of aromatic nitrogens is 2. The predicted molar refractivity (Wildman–Crippen MR) is 111 cm³/mol. The van der Waals surface area contributed by atoms with Crippen LogP contribution >= 0.6 is 11.6 Å². The lowest BCUT2D eigenvalue weighted by molar-refractivity contribution is 0.0977. The van der Waals surface area contributed by atoms with Gasteiger partial charge < -0.3 is 10.2 Å². The summed E-state index contributed by atoms with van der Waals surface area (Å²) in [5.41, 5.74) is 0.563. The predicted octanol–water partition coefficient (Wildman–Crippen LogP) is 4.90. The van der Waals surface area contributed by atoms with E-state index in [4.69, 9.17) is 11.6 Å². The van der Waals surface area contributed by atoms with Crippen molar-refractivity contribution < 1.29 is 18.4 Å². The molecule has 0 aliphatic carbocycles. The van der Waals surface area contributed by atoms with E-state index in [0.29, 0.717) is 12.6 Å². The highest BCUT2D eigenvalue weighted by molar-refractivity contribution is 6.34. The molecule has 2 N–H and O–H groups in total. The second kappa shape index (κ2) is 9.04. The number of carbonyl (C=O) groups excluding carboxylic acids is 2. The van der Waals surface area contributed by atoms with E-state index in [1.165, 1.54) is 6.07 Å². The maximum atomic E-state index is 13.4. The molecule has 2 aromatic carbocycles. The summed E-state index contributed by atoms with van der Waals surface area (Å²) in [6.07, 6.45) is 0. The second-order valence-electron chi connectivity index (χ2n) is 7.01. The van der Waals surface area contributed by atoms with Gasteiger partial charge in [0.25, 0.3) is 11.8 Å². The van der Waals surface area contributed by atoms with Gasteiger partial charge in [-0.1, -0.05) is 43.6 Å². The largest absolute Gasteiger partial charge is 0.307 e. The van der Waals surface area contributed by atoms with E-state index in [9.17, 15) is 18.4 Å². The molecule has 0 saturated heterocycles. The minimum absolute atomic E-state index is 0.0891. The van der Waals surface area contributed by atoms with E-state index in [1.807, 2.05) is 44.2 Å². The maximum Gasteiger partial charge on any atom is 0.278 e. The molecular weight excluding hydrogens is 414 g/mol. The van der Waals surface area contributed by atoms with Crippen molar-refractivity contribution in [2.75, 3.05) is 16.8 Å². The van der Waals surface area contributed by atoms with Crippen molar-refractivity contribution >= 4 is 34.9 Å². The zero-order valence-corrected chi connectivity index (χ0v) is 17.0. The second-order valence-corrected chi connectivity index (χ2v) is 7.42. The summed E-state index contributed by atoms with van der Waals surface area (Å²) >= 11 is 5.82. The molecule has 30 heavy (non-hydrogen) atoms. The summed E-state index contributed by atoms with van der Waals surface area (Å²) < 4.78 is 26.6. The third-order valence-corrected chi connectivity index (χ3v) is 4.47. The number of aromatic amines is 1. The Bertz CT molecular complexity index is 1070. The van der Waals surface area contributed by atoms with E-state index >= 15 is 0 Å². The highest BCUT2D eigenvalue weighted by Crippen LogP contribution is 2.22. The molecule has 0 unspecified atom stereocenters. The number of nitrogens with zero attached hydrogens (tertiary/aromatic N) is 2. The molecule has 156 valence electrons. The smallest absolute Gasteiger partial charge is 0.278 e. The van der Waals surface area contributed by atoms with E-state index < -0.39 is 17.5 Å². The minimum Gasteiger partial charge on any atom is -0.307 e. The van der Waals surface area contributed by atoms with Gasteiger partial charge in [0, 0.05) is 18.3 Å². The lowest BCUT2D eigenvalue weighted by Crippen LogP contribution is -2.34. The van der Waals surface area contributed by atoms with Gasteiger partial charge in [0.15, 0.2) is 17.3 Å². The van der Waals surface area contributed by atoms with Crippen LogP contribution in [0, 0.1) is 17.6 Å². The van der Waals surface area contributed by atoms with Gasteiger partial charge in [0.05, 0.1) is 10.6 Å². The van der Waals surface area contributed by atoms with Crippen LogP contribution < -0.4 is 10.2 Å². The number of rotatable bonds is 6. The van der Waals surface area contributed by atoms with Crippen LogP contribution in [0.15, 0.2) is 48.5 Å². The average Bonchev–Trinajstić information content (AvgIpc) is 3.17. The van der Waals surface area contributed by atoms with Gasteiger partial charge >= 0.3 is 0 Å². The number of anilines is 2. The SMILES string of the molecule is CC(C)CN(C(=O)c1cc(NC(=O)c2cc(F)c(F)cc2Cl)[nH]n1)c1ccccc1. The summed E-state index contributed by atoms with van der Waals surface area (Å²) in [6.45, 7) is 4.46. The molecule has 0 spiro atoms. The molecule has 6 nitrogen and oxygen atoms in total. The summed E-state index contributed by atoms with van der Waals surface area (Å²) in [7, 11) is 0. The Hall–Kier alpha value is -3.26. The summed E-state index contributed by atoms with van der Waals surface area (Å²) in [5, 5.41) is 8.72. The number of hydrogen-bond donors (Lipinski definition) is 2. The average molecular weight is 433 g/mol. The van der Waals surface area contributed by atoms with Crippen molar-refractivity contribution in [1.29, 1.82) is 0 Å². The van der Waals surface area contributed by atoms with Gasteiger partial charge in [-0.15, -0.1) is 0 Å². The highest BCUT2D eigenvalue weighted by atomic mass is 35.5. The molecule has 2 amide bonds. The normalized spacial score (nSPS) is 10.9. The van der Waals surface area contributed by atoms with Crippen LogP contribution in [0.4, 0.5) is 20.3 Å². The van der Waals surface area contributed by atoms with Gasteiger partial charge in [-0.2, -0.15) is 5.10 Å². The first-order valence-electron chi connectivity index (χ1n) is 9.14. The van der Waals surface area contributed by atoms with Gasteiger partial charge in [-0.05, 0) is 30.2 Å². The molecule has 0 radical (unpaired) electrons. The lowest BCUT2D eigenvalue weighted by Gasteiger charge is -2.23.